The standard InChI is InChI=1S/C6H9N3O2.Y/c1-2-11-6(10)4-5(7)9-3-8-4;/h3H,2H2,1H3,(H3,7,8,9,10);/p-1. The third kappa shape index (κ3) is 2.57. The van der Waals surface area contributed by atoms with Crippen molar-refractivity contribution in [3.63, 3.8) is 0 Å². The second-order valence-electron chi connectivity index (χ2n) is 1.83. The largest absolute Gasteiger partial charge is 0.462 e. The summed E-state index contributed by atoms with van der Waals surface area (Å²) in [5, 5.41) is 0. The van der Waals surface area contributed by atoms with Gasteiger partial charge in [-0.05, 0) is 13.3 Å². The molecule has 12 heavy (non-hydrogen) atoms. The van der Waals surface area contributed by atoms with Gasteiger partial charge in [-0.1, -0.05) is 0 Å². The van der Waals surface area contributed by atoms with Crippen LogP contribution in [0.4, 0.5) is 5.82 Å². The Kier molecular flexibility index (Phi) is 5.09. The normalized spacial score (nSPS) is 8.75. The van der Waals surface area contributed by atoms with Crippen LogP contribution in [0, 0.1) is 0 Å². The van der Waals surface area contributed by atoms with E-state index < -0.39 is 5.97 Å². The molecule has 0 spiro atoms. The number of anilines is 1. The van der Waals surface area contributed by atoms with Crippen molar-refractivity contribution in [3.05, 3.63) is 12.0 Å². The summed E-state index contributed by atoms with van der Waals surface area (Å²) in [6, 6.07) is 0. The smallest absolute Gasteiger partial charge is 0.341 e. The summed E-state index contributed by atoms with van der Waals surface area (Å²) in [6.45, 7) is 2.02. The first-order valence-corrected chi connectivity index (χ1v) is 3.16. The van der Waals surface area contributed by atoms with Crippen LogP contribution in [-0.4, -0.2) is 17.6 Å². The zero-order chi connectivity index (χ0) is 8.27. The number of imidazole rings is 1. The van der Waals surface area contributed by atoms with Gasteiger partial charge in [0.05, 0.1) is 12.3 Å². The van der Waals surface area contributed by atoms with Gasteiger partial charge < -0.3 is 20.4 Å². The van der Waals surface area contributed by atoms with Gasteiger partial charge in [-0.3, -0.25) is 0 Å². The van der Waals surface area contributed by atoms with Crippen LogP contribution in [0.2, 0.25) is 0 Å². The van der Waals surface area contributed by atoms with Crippen LogP contribution in [0.5, 0.6) is 0 Å². The number of carbonyl (C=O) groups is 1. The summed E-state index contributed by atoms with van der Waals surface area (Å²) >= 11 is 0. The molecule has 1 aromatic rings. The second-order valence-corrected chi connectivity index (χ2v) is 1.83. The first kappa shape index (κ1) is 11.6. The van der Waals surface area contributed by atoms with Crippen molar-refractivity contribution in [2.75, 3.05) is 12.3 Å². The topological polar surface area (TPSA) is 79.3 Å². The molecule has 0 aliphatic carbocycles. The van der Waals surface area contributed by atoms with E-state index in [4.69, 9.17) is 5.73 Å². The van der Waals surface area contributed by atoms with Crippen molar-refractivity contribution < 1.29 is 42.2 Å². The van der Waals surface area contributed by atoms with E-state index in [1.54, 1.807) is 6.92 Å². The van der Waals surface area contributed by atoms with Crippen molar-refractivity contribution in [1.82, 2.24) is 9.97 Å². The fraction of sp³-hybridized carbons (Fsp3) is 0.333. The SMILES string of the molecule is CCOC(=O)c1nc[n-]c1N.[Y]. The molecule has 0 aromatic carbocycles. The predicted octanol–water partition coefficient (Wildman–Crippen LogP) is -0.205. The van der Waals surface area contributed by atoms with Gasteiger partial charge in [-0.25, -0.2) is 4.79 Å². The monoisotopic (exact) mass is 243 g/mol. The summed E-state index contributed by atoms with van der Waals surface area (Å²) in [5.41, 5.74) is 5.39. The first-order chi connectivity index (χ1) is 5.25. The van der Waals surface area contributed by atoms with Crippen LogP contribution >= 0.6 is 0 Å². The molecule has 1 radical (unpaired) electrons. The molecule has 5 nitrogen and oxygen atoms in total. The molecule has 0 fully saturated rings. The fourth-order valence-corrected chi connectivity index (χ4v) is 0.633. The van der Waals surface area contributed by atoms with E-state index in [0.717, 1.165) is 0 Å². The van der Waals surface area contributed by atoms with Crippen molar-refractivity contribution >= 4 is 11.8 Å². The quantitative estimate of drug-likeness (QED) is 0.727. The molecular weight excluding hydrogens is 235 g/mol. The number of rotatable bonds is 2. The van der Waals surface area contributed by atoms with Gasteiger partial charge in [-0.2, -0.15) is 0 Å². The minimum absolute atomic E-state index is 0. The van der Waals surface area contributed by atoms with Gasteiger partial charge in [0.1, 0.15) is 0 Å². The molecule has 1 heterocycles. The third-order valence-electron chi connectivity index (χ3n) is 1.10. The minimum Gasteiger partial charge on any atom is -0.462 e. The molecule has 0 bridgehead atoms. The van der Waals surface area contributed by atoms with Gasteiger partial charge in [0.15, 0.2) is 0 Å². The number of esters is 1. The molecule has 1 aromatic heterocycles. The third-order valence-corrected chi connectivity index (χ3v) is 1.10. The van der Waals surface area contributed by atoms with E-state index in [9.17, 15) is 4.79 Å². The Morgan fingerprint density at radius 3 is 2.92 bits per heavy atom. The molecule has 0 saturated heterocycles. The molecule has 0 amide bonds. The molecular formula is C6H8N3O2Y-. The van der Waals surface area contributed by atoms with E-state index in [2.05, 4.69) is 14.7 Å². The van der Waals surface area contributed by atoms with Gasteiger partial charge in [0.25, 0.3) is 0 Å². The zero-order valence-electron chi connectivity index (χ0n) is 6.65. The summed E-state index contributed by atoms with van der Waals surface area (Å²) in [5.74, 6) is -0.411. The fourth-order valence-electron chi connectivity index (χ4n) is 0.633. The van der Waals surface area contributed by atoms with Crippen LogP contribution in [0.1, 0.15) is 17.4 Å². The molecule has 0 aliphatic heterocycles. The molecule has 1 rings (SSSR count). The molecule has 0 aliphatic rings. The Hall–Kier alpha value is -0.416. The van der Waals surface area contributed by atoms with E-state index in [1.807, 2.05) is 0 Å². The van der Waals surface area contributed by atoms with Gasteiger partial charge in [0, 0.05) is 38.5 Å². The van der Waals surface area contributed by atoms with Gasteiger partial charge in [-0.15, -0.1) is 0 Å². The van der Waals surface area contributed by atoms with E-state index in [-0.39, 0.29) is 44.2 Å². The number of nitrogens with two attached hydrogens (primary N) is 1. The Labute approximate surface area is 95.0 Å². The first-order valence-electron chi connectivity index (χ1n) is 3.16. The van der Waals surface area contributed by atoms with E-state index >= 15 is 0 Å². The van der Waals surface area contributed by atoms with Crippen LogP contribution in [-0.2, 0) is 37.4 Å². The van der Waals surface area contributed by atoms with Crippen LogP contribution in [0.15, 0.2) is 6.33 Å². The second kappa shape index (κ2) is 5.27. The van der Waals surface area contributed by atoms with Crippen LogP contribution in [0.25, 0.3) is 0 Å². The molecule has 2 N–H and O–H groups in total. The maximum absolute atomic E-state index is 10.9. The number of carbonyl (C=O) groups excluding carboxylic acids is 1. The Morgan fingerprint density at radius 1 is 1.83 bits per heavy atom. The molecule has 63 valence electrons. The maximum atomic E-state index is 10.9. The summed E-state index contributed by atoms with van der Waals surface area (Å²) in [4.78, 5) is 18.1. The Bertz CT molecular complexity index is 261. The summed E-state index contributed by atoms with van der Waals surface area (Å²) in [7, 11) is 0. The van der Waals surface area contributed by atoms with Crippen molar-refractivity contribution in [2.45, 2.75) is 6.92 Å². The average molecular weight is 243 g/mol. The van der Waals surface area contributed by atoms with Crippen molar-refractivity contribution in [3.8, 4) is 0 Å². The van der Waals surface area contributed by atoms with Crippen LogP contribution in [0.3, 0.4) is 0 Å². The molecule has 0 saturated carbocycles. The minimum atomic E-state index is -0.525. The Morgan fingerprint density at radius 2 is 2.50 bits per heavy atom. The predicted molar refractivity (Wildman–Crippen MR) is 37.9 cm³/mol. The number of aromatic nitrogens is 2. The molecule has 0 unspecified atom stereocenters. The average Bonchev–Trinajstić information content (AvgIpc) is 2.36. The number of nitrogens with zero attached hydrogens (tertiary/aromatic N) is 2. The Balaban J connectivity index is 0.00000121. The maximum Gasteiger partial charge on any atom is 0.341 e. The van der Waals surface area contributed by atoms with Gasteiger partial charge in [0.2, 0.25) is 0 Å². The van der Waals surface area contributed by atoms with Crippen molar-refractivity contribution in [1.29, 1.82) is 0 Å². The summed E-state index contributed by atoms with van der Waals surface area (Å²) < 4.78 is 4.65. The van der Waals surface area contributed by atoms with E-state index in [0.29, 0.717) is 6.61 Å². The molecule has 6 heteroatoms. The number of hydrogen-bond acceptors (Lipinski definition) is 4. The summed E-state index contributed by atoms with van der Waals surface area (Å²) in [6.07, 6.45) is 1.22. The zero-order valence-corrected chi connectivity index (χ0v) is 9.49. The number of ether oxygens (including phenoxy) is 1. The number of nitrogen functional groups attached to an aromatic ring is 1. The van der Waals surface area contributed by atoms with Gasteiger partial charge >= 0.3 is 5.97 Å². The molecule has 0 atom stereocenters. The van der Waals surface area contributed by atoms with E-state index in [1.165, 1.54) is 6.33 Å². The van der Waals surface area contributed by atoms with Crippen molar-refractivity contribution in [2.24, 2.45) is 0 Å². The van der Waals surface area contributed by atoms with Crippen LogP contribution < -0.4 is 10.7 Å². The number of hydrogen-bond donors (Lipinski definition) is 1.